The lowest BCUT2D eigenvalue weighted by molar-refractivity contribution is -0.111. The van der Waals surface area contributed by atoms with E-state index in [1.807, 2.05) is 30.3 Å². The first kappa shape index (κ1) is 18.5. The quantitative estimate of drug-likeness (QED) is 0.662. The number of hydrogen-bond donors (Lipinski definition) is 1. The van der Waals surface area contributed by atoms with Crippen molar-refractivity contribution >= 4 is 39.2 Å². The van der Waals surface area contributed by atoms with E-state index in [0.29, 0.717) is 27.8 Å². The van der Waals surface area contributed by atoms with E-state index in [9.17, 15) is 13.2 Å². The van der Waals surface area contributed by atoms with Crippen molar-refractivity contribution in [2.75, 3.05) is 5.32 Å². The van der Waals surface area contributed by atoms with E-state index in [2.05, 4.69) is 10.4 Å². The number of fused-ring (bicyclic) bond motifs is 1. The Labute approximate surface area is 167 Å². The second kappa shape index (κ2) is 7.26. The Hall–Kier alpha value is -2.90. The van der Waals surface area contributed by atoms with Gasteiger partial charge in [-0.15, -0.1) is 0 Å². The molecule has 3 aromatic rings. The molecule has 1 aliphatic heterocycles. The van der Waals surface area contributed by atoms with Crippen LogP contribution in [0.15, 0.2) is 60.7 Å². The van der Waals surface area contributed by atoms with E-state index in [4.69, 9.17) is 11.6 Å². The molecule has 0 unspecified atom stereocenters. The number of amides is 1. The zero-order valence-corrected chi connectivity index (χ0v) is 16.2. The fourth-order valence-corrected chi connectivity index (χ4v) is 4.65. The molecule has 0 saturated heterocycles. The summed E-state index contributed by atoms with van der Waals surface area (Å²) in [6, 6.07) is 16.4. The number of nitrogens with zero attached hydrogens (tertiary/aromatic N) is 2. The number of rotatable bonds is 4. The molecular formula is C20H16ClN3O3S. The van der Waals surface area contributed by atoms with Gasteiger partial charge in [-0.2, -0.15) is 5.10 Å². The van der Waals surface area contributed by atoms with Crippen LogP contribution in [0.3, 0.4) is 0 Å². The van der Waals surface area contributed by atoms with Gasteiger partial charge in [0.1, 0.15) is 5.82 Å². The highest BCUT2D eigenvalue weighted by Gasteiger charge is 2.33. The molecule has 28 heavy (non-hydrogen) atoms. The van der Waals surface area contributed by atoms with Crippen molar-refractivity contribution in [1.29, 1.82) is 0 Å². The third-order valence-corrected chi connectivity index (χ3v) is 6.02. The molecule has 0 saturated carbocycles. The molecule has 4 rings (SSSR count). The number of hydrogen-bond acceptors (Lipinski definition) is 4. The Bertz CT molecular complexity index is 1170. The standard InChI is InChI=1S/C20H16ClN3O3S/c21-15-7-9-16(10-8-15)24-20(17-12-28(26,27)13-18(17)23-24)22-19(25)11-6-14-4-2-1-3-5-14/h1-11H,12-13H2,(H,22,25)/b11-6-. The first-order valence-corrected chi connectivity index (χ1v) is 10.7. The van der Waals surface area contributed by atoms with Crippen LogP contribution in [0.1, 0.15) is 16.8 Å². The maximum atomic E-state index is 12.5. The molecule has 142 valence electrons. The Morgan fingerprint density at radius 2 is 1.79 bits per heavy atom. The summed E-state index contributed by atoms with van der Waals surface area (Å²) in [6.07, 6.45) is 3.10. The second-order valence-corrected chi connectivity index (χ2v) is 8.93. The number of halogens is 1. The van der Waals surface area contributed by atoms with Crippen LogP contribution in [0.4, 0.5) is 5.82 Å². The van der Waals surface area contributed by atoms with Crippen LogP contribution in [-0.2, 0) is 26.1 Å². The number of nitrogens with one attached hydrogen (secondary N) is 1. The van der Waals surface area contributed by atoms with Crippen LogP contribution < -0.4 is 5.32 Å². The van der Waals surface area contributed by atoms with Crippen molar-refractivity contribution in [3.63, 3.8) is 0 Å². The normalized spacial score (nSPS) is 14.9. The molecular weight excluding hydrogens is 398 g/mol. The predicted octanol–water partition coefficient (Wildman–Crippen LogP) is 3.61. The number of carbonyl (C=O) groups excluding carboxylic acids is 1. The molecule has 0 radical (unpaired) electrons. The van der Waals surface area contributed by atoms with E-state index in [-0.39, 0.29) is 17.4 Å². The fourth-order valence-electron chi connectivity index (χ4n) is 3.03. The van der Waals surface area contributed by atoms with E-state index in [1.54, 1.807) is 35.0 Å². The van der Waals surface area contributed by atoms with Gasteiger partial charge in [-0.3, -0.25) is 4.79 Å². The highest BCUT2D eigenvalue weighted by Crippen LogP contribution is 2.33. The number of benzene rings is 2. The summed E-state index contributed by atoms with van der Waals surface area (Å²) in [6.45, 7) is 0. The zero-order valence-electron chi connectivity index (χ0n) is 14.7. The van der Waals surface area contributed by atoms with Crippen molar-refractivity contribution in [2.45, 2.75) is 11.5 Å². The highest BCUT2D eigenvalue weighted by molar-refractivity contribution is 7.90. The third kappa shape index (κ3) is 3.85. The number of sulfone groups is 1. The summed E-state index contributed by atoms with van der Waals surface area (Å²) < 4.78 is 25.5. The summed E-state index contributed by atoms with van der Waals surface area (Å²) in [5.41, 5.74) is 2.55. The lowest BCUT2D eigenvalue weighted by Crippen LogP contribution is -2.14. The average Bonchev–Trinajstić information content (AvgIpc) is 3.14. The minimum Gasteiger partial charge on any atom is -0.307 e. The number of aromatic nitrogens is 2. The molecule has 0 bridgehead atoms. The Morgan fingerprint density at radius 1 is 1.07 bits per heavy atom. The van der Waals surface area contributed by atoms with Gasteiger partial charge in [-0.05, 0) is 35.9 Å². The fraction of sp³-hybridized carbons (Fsp3) is 0.100. The monoisotopic (exact) mass is 413 g/mol. The molecule has 0 spiro atoms. The first-order chi connectivity index (χ1) is 13.4. The lowest BCUT2D eigenvalue weighted by atomic mass is 10.2. The van der Waals surface area contributed by atoms with Gasteiger partial charge in [0, 0.05) is 16.7 Å². The molecule has 0 atom stereocenters. The zero-order chi connectivity index (χ0) is 19.7. The molecule has 0 fully saturated rings. The van der Waals surface area contributed by atoms with Crippen molar-refractivity contribution in [3.8, 4) is 5.69 Å². The first-order valence-electron chi connectivity index (χ1n) is 8.52. The van der Waals surface area contributed by atoms with Crippen molar-refractivity contribution in [1.82, 2.24) is 9.78 Å². The van der Waals surface area contributed by atoms with Crippen LogP contribution in [0.25, 0.3) is 11.8 Å². The highest BCUT2D eigenvalue weighted by atomic mass is 35.5. The van der Waals surface area contributed by atoms with E-state index in [1.165, 1.54) is 6.08 Å². The molecule has 1 N–H and O–H groups in total. The van der Waals surface area contributed by atoms with Crippen molar-refractivity contribution in [2.24, 2.45) is 0 Å². The topological polar surface area (TPSA) is 81.1 Å². The predicted molar refractivity (Wildman–Crippen MR) is 109 cm³/mol. The average molecular weight is 414 g/mol. The third-order valence-electron chi connectivity index (χ3n) is 4.33. The van der Waals surface area contributed by atoms with Crippen molar-refractivity contribution in [3.05, 3.63) is 82.5 Å². The number of carbonyl (C=O) groups is 1. The summed E-state index contributed by atoms with van der Waals surface area (Å²) in [5, 5.41) is 7.77. The van der Waals surface area contributed by atoms with Gasteiger partial charge in [0.25, 0.3) is 0 Å². The summed E-state index contributed by atoms with van der Waals surface area (Å²) in [7, 11) is -3.25. The van der Waals surface area contributed by atoms with Gasteiger partial charge in [0.15, 0.2) is 9.84 Å². The molecule has 0 aliphatic carbocycles. The molecule has 8 heteroatoms. The molecule has 1 amide bonds. The van der Waals surface area contributed by atoms with Crippen LogP contribution in [0.2, 0.25) is 5.02 Å². The van der Waals surface area contributed by atoms with Crippen LogP contribution in [-0.4, -0.2) is 24.1 Å². The SMILES string of the molecule is O=C(/C=C\c1ccccc1)Nc1c2c(nn1-c1ccc(Cl)cc1)CS(=O)(=O)C2. The van der Waals surface area contributed by atoms with Crippen molar-refractivity contribution < 1.29 is 13.2 Å². The van der Waals surface area contributed by atoms with Gasteiger partial charge in [0.2, 0.25) is 5.91 Å². The van der Waals surface area contributed by atoms with Crippen LogP contribution >= 0.6 is 11.6 Å². The molecule has 2 aromatic carbocycles. The van der Waals surface area contributed by atoms with E-state index >= 15 is 0 Å². The Morgan fingerprint density at radius 3 is 2.50 bits per heavy atom. The molecule has 1 aromatic heterocycles. The van der Waals surface area contributed by atoms with Gasteiger partial charge in [0.05, 0.1) is 22.9 Å². The van der Waals surface area contributed by atoms with Crippen LogP contribution in [0, 0.1) is 0 Å². The Kier molecular flexibility index (Phi) is 4.78. The smallest absolute Gasteiger partial charge is 0.249 e. The maximum Gasteiger partial charge on any atom is 0.249 e. The maximum absolute atomic E-state index is 12.5. The largest absolute Gasteiger partial charge is 0.307 e. The Balaban J connectivity index is 1.68. The summed E-state index contributed by atoms with van der Waals surface area (Å²) >= 11 is 5.95. The molecule has 1 aliphatic rings. The van der Waals surface area contributed by atoms with Gasteiger partial charge >= 0.3 is 0 Å². The van der Waals surface area contributed by atoms with E-state index < -0.39 is 9.84 Å². The molecule has 6 nitrogen and oxygen atoms in total. The minimum atomic E-state index is -3.25. The number of anilines is 1. The van der Waals surface area contributed by atoms with Crippen LogP contribution in [0.5, 0.6) is 0 Å². The second-order valence-electron chi connectivity index (χ2n) is 6.43. The van der Waals surface area contributed by atoms with Gasteiger partial charge in [-0.25, -0.2) is 13.1 Å². The van der Waals surface area contributed by atoms with Gasteiger partial charge < -0.3 is 5.32 Å². The van der Waals surface area contributed by atoms with E-state index in [0.717, 1.165) is 5.56 Å². The lowest BCUT2D eigenvalue weighted by Gasteiger charge is -2.10. The summed E-state index contributed by atoms with van der Waals surface area (Å²) in [5.74, 6) is -0.285. The summed E-state index contributed by atoms with van der Waals surface area (Å²) in [4.78, 5) is 12.5. The minimum absolute atomic E-state index is 0.133. The molecule has 2 heterocycles. The van der Waals surface area contributed by atoms with Gasteiger partial charge in [-0.1, -0.05) is 41.9 Å².